The van der Waals surface area contributed by atoms with Gasteiger partial charge in [-0.3, -0.25) is 4.79 Å². The number of methoxy groups -OCH3 is 1. The van der Waals surface area contributed by atoms with E-state index in [0.717, 1.165) is 17.0 Å². The van der Waals surface area contributed by atoms with Crippen molar-refractivity contribution in [2.75, 3.05) is 32.7 Å². The van der Waals surface area contributed by atoms with Gasteiger partial charge in [0.1, 0.15) is 11.4 Å². The van der Waals surface area contributed by atoms with E-state index < -0.39 is 5.97 Å². The minimum absolute atomic E-state index is 0.161. The lowest BCUT2D eigenvalue weighted by Gasteiger charge is -2.11. The second-order valence-corrected chi connectivity index (χ2v) is 5.50. The van der Waals surface area contributed by atoms with E-state index in [1.54, 1.807) is 25.4 Å². The van der Waals surface area contributed by atoms with Gasteiger partial charge in [0.2, 0.25) is 0 Å². The normalized spacial score (nSPS) is 10.0. The van der Waals surface area contributed by atoms with Gasteiger partial charge >= 0.3 is 5.97 Å². The standard InChI is InChI=1S/C18H21N3O4/c1-21(2)14-6-9-16(19-11-14)18(23)25-12-17(22)20-10-13-4-7-15(24-3)8-5-13/h4-9,11H,10,12H2,1-3H3,(H,20,22). The molecule has 0 atom stereocenters. The predicted molar refractivity (Wildman–Crippen MR) is 93.7 cm³/mol. The molecule has 1 amide bonds. The summed E-state index contributed by atoms with van der Waals surface area (Å²) in [6.07, 6.45) is 1.57. The van der Waals surface area contributed by atoms with Crippen LogP contribution in [0.1, 0.15) is 16.1 Å². The Hall–Kier alpha value is -3.09. The molecule has 0 saturated carbocycles. The average Bonchev–Trinajstić information content (AvgIpc) is 2.64. The number of rotatable bonds is 7. The number of pyridine rings is 1. The summed E-state index contributed by atoms with van der Waals surface area (Å²) >= 11 is 0. The Kier molecular flexibility index (Phi) is 6.33. The second kappa shape index (κ2) is 8.68. The SMILES string of the molecule is COc1ccc(CNC(=O)COC(=O)c2ccc(N(C)C)cn2)cc1. The maximum absolute atomic E-state index is 11.9. The van der Waals surface area contributed by atoms with E-state index in [1.807, 2.05) is 43.3 Å². The smallest absolute Gasteiger partial charge is 0.357 e. The summed E-state index contributed by atoms with van der Waals surface area (Å²) in [4.78, 5) is 29.6. The molecule has 7 nitrogen and oxygen atoms in total. The summed E-state index contributed by atoms with van der Waals surface area (Å²) < 4.78 is 10.0. The van der Waals surface area contributed by atoms with E-state index in [2.05, 4.69) is 10.3 Å². The Labute approximate surface area is 146 Å². The Balaban J connectivity index is 1.77. The highest BCUT2D eigenvalue weighted by atomic mass is 16.5. The van der Waals surface area contributed by atoms with Gasteiger partial charge in [-0.05, 0) is 29.8 Å². The van der Waals surface area contributed by atoms with Crippen molar-refractivity contribution in [3.05, 3.63) is 53.9 Å². The van der Waals surface area contributed by atoms with Gasteiger partial charge in [0.25, 0.3) is 5.91 Å². The van der Waals surface area contributed by atoms with Gasteiger partial charge in [0.05, 0.1) is 19.0 Å². The van der Waals surface area contributed by atoms with Gasteiger partial charge in [-0.15, -0.1) is 0 Å². The first-order chi connectivity index (χ1) is 12.0. The van der Waals surface area contributed by atoms with Gasteiger partial charge in [-0.25, -0.2) is 9.78 Å². The monoisotopic (exact) mass is 343 g/mol. The van der Waals surface area contributed by atoms with Crippen LogP contribution in [-0.2, 0) is 16.1 Å². The molecule has 0 aliphatic carbocycles. The zero-order valence-corrected chi connectivity index (χ0v) is 14.5. The van der Waals surface area contributed by atoms with Crippen molar-refractivity contribution in [2.45, 2.75) is 6.54 Å². The van der Waals surface area contributed by atoms with Crippen LogP contribution in [-0.4, -0.2) is 44.7 Å². The first-order valence-electron chi connectivity index (χ1n) is 7.69. The maximum Gasteiger partial charge on any atom is 0.357 e. The van der Waals surface area contributed by atoms with E-state index in [9.17, 15) is 9.59 Å². The number of anilines is 1. The number of amides is 1. The van der Waals surface area contributed by atoms with Crippen molar-refractivity contribution >= 4 is 17.6 Å². The third-order valence-corrected chi connectivity index (χ3v) is 3.46. The minimum atomic E-state index is -0.634. The van der Waals surface area contributed by atoms with Crippen LogP contribution in [0, 0.1) is 0 Å². The summed E-state index contributed by atoms with van der Waals surface area (Å²) in [6, 6.07) is 10.6. The third kappa shape index (κ3) is 5.49. The van der Waals surface area contributed by atoms with Crippen molar-refractivity contribution < 1.29 is 19.1 Å². The van der Waals surface area contributed by atoms with Crippen LogP contribution in [0.2, 0.25) is 0 Å². The Morgan fingerprint density at radius 3 is 2.40 bits per heavy atom. The molecule has 0 fully saturated rings. The minimum Gasteiger partial charge on any atom is -0.497 e. The number of nitrogens with one attached hydrogen (secondary N) is 1. The maximum atomic E-state index is 11.9. The lowest BCUT2D eigenvalue weighted by Crippen LogP contribution is -2.28. The van der Waals surface area contributed by atoms with Crippen LogP contribution >= 0.6 is 0 Å². The number of carbonyl (C=O) groups excluding carboxylic acids is 2. The molecule has 0 aliphatic rings. The van der Waals surface area contributed by atoms with Gasteiger partial charge in [-0.1, -0.05) is 12.1 Å². The second-order valence-electron chi connectivity index (χ2n) is 5.50. The van der Waals surface area contributed by atoms with Crippen molar-refractivity contribution in [1.29, 1.82) is 0 Å². The van der Waals surface area contributed by atoms with E-state index in [4.69, 9.17) is 9.47 Å². The van der Waals surface area contributed by atoms with E-state index in [0.29, 0.717) is 6.54 Å². The number of aromatic nitrogens is 1. The summed E-state index contributed by atoms with van der Waals surface area (Å²) in [5, 5.41) is 2.68. The lowest BCUT2D eigenvalue weighted by molar-refractivity contribution is -0.124. The van der Waals surface area contributed by atoms with Crippen LogP contribution in [0.15, 0.2) is 42.6 Å². The summed E-state index contributed by atoms with van der Waals surface area (Å²) in [5.41, 5.74) is 1.95. The number of esters is 1. The first kappa shape index (κ1) is 18.3. The lowest BCUT2D eigenvalue weighted by atomic mass is 10.2. The zero-order valence-electron chi connectivity index (χ0n) is 14.5. The van der Waals surface area contributed by atoms with Crippen LogP contribution in [0.4, 0.5) is 5.69 Å². The Morgan fingerprint density at radius 2 is 1.84 bits per heavy atom. The molecule has 0 aliphatic heterocycles. The molecule has 0 spiro atoms. The van der Waals surface area contributed by atoms with Crippen molar-refractivity contribution in [1.82, 2.24) is 10.3 Å². The van der Waals surface area contributed by atoms with Crippen molar-refractivity contribution in [2.24, 2.45) is 0 Å². The molecule has 1 heterocycles. The number of hydrogen-bond acceptors (Lipinski definition) is 6. The molecule has 2 aromatic rings. The fourth-order valence-corrected chi connectivity index (χ4v) is 1.97. The Bertz CT molecular complexity index is 712. The zero-order chi connectivity index (χ0) is 18.2. The fourth-order valence-electron chi connectivity index (χ4n) is 1.97. The highest BCUT2D eigenvalue weighted by Gasteiger charge is 2.11. The quantitative estimate of drug-likeness (QED) is 0.770. The predicted octanol–water partition coefficient (Wildman–Crippen LogP) is 1.63. The van der Waals surface area contributed by atoms with Gasteiger partial charge < -0.3 is 19.7 Å². The average molecular weight is 343 g/mol. The molecule has 0 bridgehead atoms. The molecule has 1 aromatic carbocycles. The Morgan fingerprint density at radius 1 is 1.12 bits per heavy atom. The largest absolute Gasteiger partial charge is 0.497 e. The van der Waals surface area contributed by atoms with Crippen molar-refractivity contribution in [3.63, 3.8) is 0 Å². The summed E-state index contributed by atoms with van der Waals surface area (Å²) in [7, 11) is 5.35. The molecular formula is C18H21N3O4. The summed E-state index contributed by atoms with van der Waals surface area (Å²) in [6.45, 7) is -0.0116. The molecule has 1 aromatic heterocycles. The molecular weight excluding hydrogens is 322 g/mol. The van der Waals surface area contributed by atoms with Gasteiger partial charge in [0, 0.05) is 20.6 Å². The molecule has 0 unspecified atom stereocenters. The molecule has 25 heavy (non-hydrogen) atoms. The number of benzene rings is 1. The molecule has 0 saturated heterocycles. The van der Waals surface area contributed by atoms with E-state index in [1.165, 1.54) is 0 Å². The topological polar surface area (TPSA) is 80.8 Å². The van der Waals surface area contributed by atoms with E-state index in [-0.39, 0.29) is 18.2 Å². The number of nitrogens with zero attached hydrogens (tertiary/aromatic N) is 2. The highest BCUT2D eigenvalue weighted by molar-refractivity contribution is 5.89. The highest BCUT2D eigenvalue weighted by Crippen LogP contribution is 2.11. The van der Waals surface area contributed by atoms with Crippen LogP contribution in [0.3, 0.4) is 0 Å². The van der Waals surface area contributed by atoms with E-state index >= 15 is 0 Å². The molecule has 7 heteroatoms. The van der Waals surface area contributed by atoms with Crippen LogP contribution < -0.4 is 15.0 Å². The fraction of sp³-hybridized carbons (Fsp3) is 0.278. The van der Waals surface area contributed by atoms with Gasteiger partial charge in [-0.2, -0.15) is 0 Å². The molecule has 2 rings (SSSR count). The van der Waals surface area contributed by atoms with Crippen molar-refractivity contribution in [3.8, 4) is 5.75 Å². The molecule has 132 valence electrons. The number of hydrogen-bond donors (Lipinski definition) is 1. The van der Waals surface area contributed by atoms with Crippen LogP contribution in [0.5, 0.6) is 5.75 Å². The van der Waals surface area contributed by atoms with Crippen LogP contribution in [0.25, 0.3) is 0 Å². The molecule has 0 radical (unpaired) electrons. The van der Waals surface area contributed by atoms with Gasteiger partial charge in [0.15, 0.2) is 6.61 Å². The molecule has 1 N–H and O–H groups in total. The number of ether oxygens (including phenoxy) is 2. The number of carbonyl (C=O) groups is 2. The summed E-state index contributed by atoms with van der Waals surface area (Å²) in [5.74, 6) is -0.268. The third-order valence-electron chi connectivity index (χ3n) is 3.46. The first-order valence-corrected chi connectivity index (χ1v) is 7.69.